The number of pyridine rings is 3. The molecule has 152 valence electrons. The number of ether oxygens (including phenoxy) is 2. The van der Waals surface area contributed by atoms with Crippen molar-refractivity contribution < 1.29 is 17.9 Å². The van der Waals surface area contributed by atoms with Crippen LogP contribution in [0.3, 0.4) is 0 Å². The number of nitrogens with one attached hydrogen (secondary N) is 1. The van der Waals surface area contributed by atoms with Crippen LogP contribution in [0.25, 0.3) is 11.3 Å². The van der Waals surface area contributed by atoms with E-state index in [1.165, 1.54) is 6.20 Å². The molecule has 0 unspecified atom stereocenters. The summed E-state index contributed by atoms with van der Waals surface area (Å²) in [5.41, 5.74) is 3.14. The fraction of sp³-hybridized carbons (Fsp3) is 0.200. The Labute approximate surface area is 173 Å². The lowest BCUT2D eigenvalue weighted by atomic mass is 10.1. The van der Waals surface area contributed by atoms with Crippen LogP contribution in [0.4, 0.5) is 5.69 Å². The highest BCUT2D eigenvalue weighted by molar-refractivity contribution is 7.92. The van der Waals surface area contributed by atoms with Gasteiger partial charge in [-0.3, -0.25) is 9.71 Å². The Hall–Kier alpha value is -3.71. The maximum absolute atomic E-state index is 11.8. The normalized spacial score (nSPS) is 12.6. The molecule has 0 radical (unpaired) electrons. The van der Waals surface area contributed by atoms with Crippen molar-refractivity contribution in [2.45, 2.75) is 13.3 Å². The highest BCUT2D eigenvalue weighted by Gasteiger charge is 2.19. The molecule has 0 bridgehead atoms. The molecule has 30 heavy (non-hydrogen) atoms. The Kier molecular flexibility index (Phi) is 4.97. The van der Waals surface area contributed by atoms with Gasteiger partial charge in [0.25, 0.3) is 0 Å². The second kappa shape index (κ2) is 7.61. The molecule has 4 heterocycles. The summed E-state index contributed by atoms with van der Waals surface area (Å²) < 4.78 is 37.5. The molecule has 0 aromatic carbocycles. The summed E-state index contributed by atoms with van der Waals surface area (Å²) in [5, 5.41) is 9.11. The molecule has 0 aliphatic carbocycles. The van der Waals surface area contributed by atoms with Gasteiger partial charge in [-0.15, -0.1) is 0 Å². The Morgan fingerprint density at radius 1 is 1.23 bits per heavy atom. The second-order valence-electron chi connectivity index (χ2n) is 6.73. The quantitative estimate of drug-likeness (QED) is 0.664. The van der Waals surface area contributed by atoms with E-state index in [4.69, 9.17) is 14.7 Å². The predicted molar refractivity (Wildman–Crippen MR) is 109 cm³/mol. The van der Waals surface area contributed by atoms with E-state index < -0.39 is 10.0 Å². The van der Waals surface area contributed by atoms with Crippen LogP contribution < -0.4 is 14.2 Å². The number of sulfonamides is 1. The maximum atomic E-state index is 11.8. The summed E-state index contributed by atoms with van der Waals surface area (Å²) in [4.78, 5) is 12.9. The van der Waals surface area contributed by atoms with E-state index in [0.29, 0.717) is 47.2 Å². The zero-order chi connectivity index (χ0) is 21.3. The number of anilines is 1. The number of aromatic nitrogens is 3. The van der Waals surface area contributed by atoms with Crippen LogP contribution in [0.15, 0.2) is 36.7 Å². The molecule has 9 nitrogen and oxygen atoms in total. The minimum atomic E-state index is -3.56. The van der Waals surface area contributed by atoms with E-state index in [2.05, 4.69) is 19.7 Å². The minimum absolute atomic E-state index is 0.0593. The van der Waals surface area contributed by atoms with Gasteiger partial charge in [0.2, 0.25) is 21.8 Å². The highest BCUT2D eigenvalue weighted by atomic mass is 32.2. The summed E-state index contributed by atoms with van der Waals surface area (Å²) in [6, 6.07) is 8.67. The van der Waals surface area contributed by atoms with Crippen LogP contribution in [-0.4, -0.2) is 36.2 Å². The summed E-state index contributed by atoms with van der Waals surface area (Å²) in [5.74, 6) is 1.09. The van der Waals surface area contributed by atoms with Crippen molar-refractivity contribution >= 4 is 15.7 Å². The highest BCUT2D eigenvalue weighted by Crippen LogP contribution is 2.35. The number of aryl methyl sites for hydroxylation is 1. The maximum Gasteiger partial charge on any atom is 0.244 e. The third-order valence-corrected chi connectivity index (χ3v) is 4.93. The van der Waals surface area contributed by atoms with Gasteiger partial charge >= 0.3 is 0 Å². The van der Waals surface area contributed by atoms with Crippen LogP contribution >= 0.6 is 0 Å². The molecule has 1 aliphatic heterocycles. The van der Waals surface area contributed by atoms with Gasteiger partial charge in [-0.1, -0.05) is 0 Å². The molecule has 3 aromatic heterocycles. The van der Waals surface area contributed by atoms with Crippen LogP contribution in [0.5, 0.6) is 17.5 Å². The summed E-state index contributed by atoms with van der Waals surface area (Å²) in [6.45, 7) is 2.33. The van der Waals surface area contributed by atoms with Gasteiger partial charge in [0, 0.05) is 29.9 Å². The van der Waals surface area contributed by atoms with Crippen molar-refractivity contribution in [3.8, 4) is 34.8 Å². The van der Waals surface area contributed by atoms with Crippen LogP contribution in [0.2, 0.25) is 0 Å². The van der Waals surface area contributed by atoms with Gasteiger partial charge in [-0.2, -0.15) is 5.26 Å². The molecule has 0 saturated heterocycles. The molecule has 4 rings (SSSR count). The SMILES string of the molecule is Cc1nc2c(cc1Oc1nc(-c3cncc(C#N)c3)ccc1NS(C)(=O)=O)CCO2. The van der Waals surface area contributed by atoms with E-state index in [0.717, 1.165) is 11.8 Å². The minimum Gasteiger partial charge on any atom is -0.477 e. The van der Waals surface area contributed by atoms with Gasteiger partial charge in [0.1, 0.15) is 11.8 Å². The van der Waals surface area contributed by atoms with E-state index in [-0.39, 0.29) is 11.6 Å². The van der Waals surface area contributed by atoms with Crippen molar-refractivity contribution in [3.63, 3.8) is 0 Å². The van der Waals surface area contributed by atoms with Gasteiger partial charge < -0.3 is 9.47 Å². The molecule has 0 atom stereocenters. The lowest BCUT2D eigenvalue weighted by Crippen LogP contribution is -2.11. The lowest BCUT2D eigenvalue weighted by Gasteiger charge is -2.14. The molecule has 1 N–H and O–H groups in total. The van der Waals surface area contributed by atoms with E-state index >= 15 is 0 Å². The van der Waals surface area contributed by atoms with Crippen molar-refractivity contribution in [1.29, 1.82) is 5.26 Å². The van der Waals surface area contributed by atoms with E-state index in [1.54, 1.807) is 31.3 Å². The monoisotopic (exact) mass is 423 g/mol. The first-order valence-corrected chi connectivity index (χ1v) is 10.9. The van der Waals surface area contributed by atoms with Crippen LogP contribution in [0, 0.1) is 18.3 Å². The van der Waals surface area contributed by atoms with E-state index in [9.17, 15) is 8.42 Å². The molecule has 0 fully saturated rings. The fourth-order valence-corrected chi connectivity index (χ4v) is 3.53. The number of nitrogens with zero attached hydrogens (tertiary/aromatic N) is 4. The first kappa shape index (κ1) is 19.6. The van der Waals surface area contributed by atoms with Crippen LogP contribution in [-0.2, 0) is 16.4 Å². The molecule has 0 saturated carbocycles. The third kappa shape index (κ3) is 4.16. The molecular weight excluding hydrogens is 406 g/mol. The zero-order valence-corrected chi connectivity index (χ0v) is 17.0. The number of fused-ring (bicyclic) bond motifs is 1. The van der Waals surface area contributed by atoms with Gasteiger partial charge in [-0.25, -0.2) is 18.4 Å². The third-order valence-electron chi connectivity index (χ3n) is 4.34. The Morgan fingerprint density at radius 3 is 2.83 bits per heavy atom. The average molecular weight is 423 g/mol. The standard InChI is InChI=1S/C20H17N5O4S/c1-12-18(8-14-5-6-28-19(14)23-12)29-20-17(25-30(2,26)27)4-3-16(24-20)15-7-13(9-21)10-22-11-15/h3-4,7-8,10-11,25H,5-6H2,1-2H3. The van der Waals surface area contributed by atoms with Gasteiger partial charge in [0.05, 0.1) is 29.8 Å². The molecular formula is C20H17N5O4S. The number of nitriles is 1. The van der Waals surface area contributed by atoms with Crippen molar-refractivity contribution in [2.75, 3.05) is 17.6 Å². The van der Waals surface area contributed by atoms with Crippen molar-refractivity contribution in [2.24, 2.45) is 0 Å². The average Bonchev–Trinajstić information content (AvgIpc) is 3.15. The lowest BCUT2D eigenvalue weighted by molar-refractivity contribution is 0.343. The summed E-state index contributed by atoms with van der Waals surface area (Å²) in [7, 11) is -3.56. The van der Waals surface area contributed by atoms with E-state index in [1.807, 2.05) is 12.1 Å². The number of rotatable bonds is 5. The topological polar surface area (TPSA) is 127 Å². The van der Waals surface area contributed by atoms with Crippen molar-refractivity contribution in [1.82, 2.24) is 15.0 Å². The van der Waals surface area contributed by atoms with Gasteiger partial charge in [0.15, 0.2) is 5.75 Å². The Bertz CT molecular complexity index is 1280. The largest absolute Gasteiger partial charge is 0.477 e. The second-order valence-corrected chi connectivity index (χ2v) is 8.48. The first-order valence-electron chi connectivity index (χ1n) is 8.98. The van der Waals surface area contributed by atoms with Crippen LogP contribution in [0.1, 0.15) is 16.8 Å². The van der Waals surface area contributed by atoms with Crippen molar-refractivity contribution in [3.05, 3.63) is 53.5 Å². The summed E-state index contributed by atoms with van der Waals surface area (Å²) in [6.07, 6.45) is 4.77. The molecule has 0 spiro atoms. The fourth-order valence-electron chi connectivity index (χ4n) is 2.97. The zero-order valence-electron chi connectivity index (χ0n) is 16.2. The Morgan fingerprint density at radius 2 is 2.07 bits per heavy atom. The summed E-state index contributed by atoms with van der Waals surface area (Å²) >= 11 is 0. The smallest absolute Gasteiger partial charge is 0.244 e. The van der Waals surface area contributed by atoms with Gasteiger partial charge in [-0.05, 0) is 31.2 Å². The predicted octanol–water partition coefficient (Wildman–Crippen LogP) is 2.82. The molecule has 1 aliphatic rings. The molecule has 3 aromatic rings. The molecule has 10 heteroatoms. The number of hydrogen-bond donors (Lipinski definition) is 1. The number of hydrogen-bond acceptors (Lipinski definition) is 8. The molecule has 0 amide bonds. The first-order chi connectivity index (χ1) is 14.3. The Balaban J connectivity index is 1.78.